The van der Waals surface area contributed by atoms with Gasteiger partial charge >= 0.3 is 0 Å². The normalized spacial score (nSPS) is 16.5. The highest BCUT2D eigenvalue weighted by molar-refractivity contribution is 5.82. The molecular formula is C8H17NO2. The van der Waals surface area contributed by atoms with Gasteiger partial charge in [0.15, 0.2) is 0 Å². The lowest BCUT2D eigenvalue weighted by Crippen LogP contribution is -2.40. The SMILES string of the molecule is CC(C)CCC(C)(O)C(N)=O. The molecule has 3 nitrogen and oxygen atoms in total. The molecule has 3 N–H and O–H groups in total. The minimum Gasteiger partial charge on any atom is -0.380 e. The van der Waals surface area contributed by atoms with Gasteiger partial charge < -0.3 is 10.8 Å². The highest BCUT2D eigenvalue weighted by atomic mass is 16.3. The fourth-order valence-corrected chi connectivity index (χ4v) is 0.693. The molecule has 0 bridgehead atoms. The Morgan fingerprint density at radius 3 is 2.36 bits per heavy atom. The third kappa shape index (κ3) is 3.98. The first-order valence-corrected chi connectivity index (χ1v) is 3.88. The summed E-state index contributed by atoms with van der Waals surface area (Å²) in [5, 5.41) is 9.37. The van der Waals surface area contributed by atoms with E-state index in [1.807, 2.05) is 13.8 Å². The minimum absolute atomic E-state index is 0.444. The fourth-order valence-electron chi connectivity index (χ4n) is 0.693. The van der Waals surface area contributed by atoms with E-state index >= 15 is 0 Å². The molecule has 0 aliphatic heterocycles. The second-order valence-electron chi connectivity index (χ2n) is 3.57. The van der Waals surface area contributed by atoms with Crippen molar-refractivity contribution >= 4 is 5.91 Å². The first kappa shape index (κ1) is 10.4. The average molecular weight is 159 g/mol. The van der Waals surface area contributed by atoms with Crippen molar-refractivity contribution in [1.82, 2.24) is 0 Å². The maximum absolute atomic E-state index is 10.6. The molecule has 0 spiro atoms. The summed E-state index contributed by atoms with van der Waals surface area (Å²) in [5.41, 5.74) is 3.64. The van der Waals surface area contributed by atoms with E-state index in [4.69, 9.17) is 5.73 Å². The van der Waals surface area contributed by atoms with Crippen LogP contribution in [-0.2, 0) is 4.79 Å². The van der Waals surface area contributed by atoms with E-state index in [0.29, 0.717) is 12.3 Å². The van der Waals surface area contributed by atoms with E-state index in [1.165, 1.54) is 6.92 Å². The first-order chi connectivity index (χ1) is 4.86. The third-order valence-electron chi connectivity index (χ3n) is 1.74. The van der Waals surface area contributed by atoms with Gasteiger partial charge in [0.1, 0.15) is 5.60 Å². The van der Waals surface area contributed by atoms with E-state index in [9.17, 15) is 9.90 Å². The van der Waals surface area contributed by atoms with Gasteiger partial charge in [0, 0.05) is 0 Å². The molecule has 1 amide bonds. The lowest BCUT2D eigenvalue weighted by Gasteiger charge is -2.19. The molecule has 0 saturated heterocycles. The Labute approximate surface area is 67.6 Å². The minimum atomic E-state index is -1.33. The zero-order valence-electron chi connectivity index (χ0n) is 7.42. The van der Waals surface area contributed by atoms with Crippen molar-refractivity contribution < 1.29 is 9.90 Å². The number of carbonyl (C=O) groups is 1. The summed E-state index contributed by atoms with van der Waals surface area (Å²) in [5.74, 6) is -0.154. The summed E-state index contributed by atoms with van der Waals surface area (Å²) in [7, 11) is 0. The molecular weight excluding hydrogens is 142 g/mol. The van der Waals surface area contributed by atoms with E-state index in [1.54, 1.807) is 0 Å². The molecule has 0 aliphatic rings. The number of hydrogen-bond donors (Lipinski definition) is 2. The van der Waals surface area contributed by atoms with Crippen molar-refractivity contribution in [2.75, 3.05) is 0 Å². The molecule has 66 valence electrons. The Kier molecular flexibility index (Phi) is 3.52. The topological polar surface area (TPSA) is 63.3 Å². The fraction of sp³-hybridized carbons (Fsp3) is 0.875. The molecule has 0 aliphatic carbocycles. The summed E-state index contributed by atoms with van der Waals surface area (Å²) in [4.78, 5) is 10.6. The predicted octanol–water partition coefficient (Wildman–Crippen LogP) is 0.659. The van der Waals surface area contributed by atoms with Crippen LogP contribution in [0.1, 0.15) is 33.6 Å². The van der Waals surface area contributed by atoms with Crippen LogP contribution in [0.15, 0.2) is 0 Å². The molecule has 0 saturated carbocycles. The van der Waals surface area contributed by atoms with E-state index in [2.05, 4.69) is 0 Å². The standard InChI is InChI=1S/C8H17NO2/c1-6(2)4-5-8(3,11)7(9)10/h6,11H,4-5H2,1-3H3,(H2,9,10). The molecule has 0 rings (SSSR count). The second-order valence-corrected chi connectivity index (χ2v) is 3.57. The zero-order chi connectivity index (χ0) is 9.07. The summed E-state index contributed by atoms with van der Waals surface area (Å²) >= 11 is 0. The monoisotopic (exact) mass is 159 g/mol. The summed E-state index contributed by atoms with van der Waals surface area (Å²) in [6, 6.07) is 0. The Balaban J connectivity index is 3.83. The Bertz CT molecular complexity index is 141. The zero-order valence-corrected chi connectivity index (χ0v) is 7.42. The van der Waals surface area contributed by atoms with Crippen molar-refractivity contribution in [3.63, 3.8) is 0 Å². The van der Waals surface area contributed by atoms with E-state index in [0.717, 1.165) is 6.42 Å². The third-order valence-corrected chi connectivity index (χ3v) is 1.74. The highest BCUT2D eigenvalue weighted by Gasteiger charge is 2.26. The van der Waals surface area contributed by atoms with Gasteiger partial charge in [-0.05, 0) is 25.7 Å². The van der Waals surface area contributed by atoms with Gasteiger partial charge in [-0.1, -0.05) is 13.8 Å². The molecule has 0 fully saturated rings. The molecule has 1 atom stereocenters. The van der Waals surface area contributed by atoms with Crippen molar-refractivity contribution in [3.05, 3.63) is 0 Å². The second kappa shape index (κ2) is 3.72. The number of amides is 1. The number of hydrogen-bond acceptors (Lipinski definition) is 2. The molecule has 3 heteroatoms. The van der Waals surface area contributed by atoms with Crippen molar-refractivity contribution in [3.8, 4) is 0 Å². The van der Waals surface area contributed by atoms with Crippen LogP contribution < -0.4 is 5.73 Å². The maximum atomic E-state index is 10.6. The Hall–Kier alpha value is -0.570. The van der Waals surface area contributed by atoms with E-state index < -0.39 is 11.5 Å². The number of carbonyl (C=O) groups excluding carboxylic acids is 1. The van der Waals surface area contributed by atoms with Crippen LogP contribution in [0.5, 0.6) is 0 Å². The van der Waals surface area contributed by atoms with Crippen molar-refractivity contribution in [1.29, 1.82) is 0 Å². The van der Waals surface area contributed by atoms with Gasteiger partial charge in [0.25, 0.3) is 0 Å². The number of aliphatic hydroxyl groups is 1. The van der Waals surface area contributed by atoms with Crippen LogP contribution in [0.2, 0.25) is 0 Å². The largest absolute Gasteiger partial charge is 0.380 e. The van der Waals surface area contributed by atoms with E-state index in [-0.39, 0.29) is 0 Å². The van der Waals surface area contributed by atoms with Crippen LogP contribution in [-0.4, -0.2) is 16.6 Å². The lowest BCUT2D eigenvalue weighted by atomic mass is 9.95. The van der Waals surface area contributed by atoms with Gasteiger partial charge in [-0.3, -0.25) is 4.79 Å². The number of primary amides is 1. The molecule has 1 unspecified atom stereocenters. The number of nitrogens with two attached hydrogens (primary N) is 1. The van der Waals surface area contributed by atoms with Crippen LogP contribution in [0.3, 0.4) is 0 Å². The maximum Gasteiger partial charge on any atom is 0.249 e. The first-order valence-electron chi connectivity index (χ1n) is 3.88. The highest BCUT2D eigenvalue weighted by Crippen LogP contribution is 2.15. The van der Waals surface area contributed by atoms with Crippen molar-refractivity contribution in [2.24, 2.45) is 11.7 Å². The molecule has 0 radical (unpaired) electrons. The van der Waals surface area contributed by atoms with Gasteiger partial charge in [-0.15, -0.1) is 0 Å². The van der Waals surface area contributed by atoms with Crippen LogP contribution in [0.25, 0.3) is 0 Å². The lowest BCUT2D eigenvalue weighted by molar-refractivity contribution is -0.135. The molecule has 11 heavy (non-hydrogen) atoms. The summed E-state index contributed by atoms with van der Waals surface area (Å²) in [6.45, 7) is 5.53. The van der Waals surface area contributed by atoms with Gasteiger partial charge in [0.2, 0.25) is 5.91 Å². The van der Waals surface area contributed by atoms with Crippen molar-refractivity contribution in [2.45, 2.75) is 39.2 Å². The summed E-state index contributed by atoms with van der Waals surface area (Å²) < 4.78 is 0. The van der Waals surface area contributed by atoms with Crippen LogP contribution in [0.4, 0.5) is 0 Å². The van der Waals surface area contributed by atoms with Gasteiger partial charge in [-0.2, -0.15) is 0 Å². The number of rotatable bonds is 4. The Morgan fingerprint density at radius 1 is 1.64 bits per heavy atom. The molecule has 0 aromatic rings. The van der Waals surface area contributed by atoms with Crippen LogP contribution in [0, 0.1) is 5.92 Å². The smallest absolute Gasteiger partial charge is 0.249 e. The van der Waals surface area contributed by atoms with Gasteiger partial charge in [0.05, 0.1) is 0 Å². The van der Waals surface area contributed by atoms with Crippen LogP contribution >= 0.6 is 0 Å². The molecule has 0 heterocycles. The van der Waals surface area contributed by atoms with Gasteiger partial charge in [-0.25, -0.2) is 0 Å². The predicted molar refractivity (Wildman–Crippen MR) is 43.9 cm³/mol. The summed E-state index contributed by atoms with van der Waals surface area (Å²) in [6.07, 6.45) is 1.26. The Morgan fingerprint density at radius 2 is 2.09 bits per heavy atom. The molecule has 0 aromatic carbocycles. The molecule has 0 aromatic heterocycles. The quantitative estimate of drug-likeness (QED) is 0.633. The average Bonchev–Trinajstić information content (AvgIpc) is 1.84.